The molecule has 0 amide bonds. The molecule has 4 aromatic heterocycles. The van der Waals surface area contributed by atoms with Crippen molar-refractivity contribution in [3.63, 3.8) is 0 Å². The second-order valence-corrected chi connectivity index (χ2v) is 11.4. The monoisotopic (exact) mass is 577 g/mol. The highest BCUT2D eigenvalue weighted by molar-refractivity contribution is 6.17. The van der Waals surface area contributed by atoms with Gasteiger partial charge in [0.2, 0.25) is 0 Å². The quantitative estimate of drug-likeness (QED) is 0.210. The normalized spacial score (nSPS) is 12.0. The number of nitrogens with zero attached hydrogens (tertiary/aromatic N) is 3. The van der Waals surface area contributed by atoms with Crippen LogP contribution in [-0.2, 0) is 0 Å². The van der Waals surface area contributed by atoms with Crippen LogP contribution in [0.1, 0.15) is 0 Å². The van der Waals surface area contributed by atoms with Gasteiger partial charge in [0.15, 0.2) is 11.4 Å². The molecule has 45 heavy (non-hydrogen) atoms. The van der Waals surface area contributed by atoms with Crippen LogP contribution >= 0.6 is 0 Å². The van der Waals surface area contributed by atoms with Crippen LogP contribution in [0.15, 0.2) is 148 Å². The van der Waals surface area contributed by atoms with Crippen LogP contribution in [0.4, 0.5) is 0 Å². The Morgan fingerprint density at radius 3 is 2.00 bits per heavy atom. The van der Waals surface area contributed by atoms with Gasteiger partial charge in [-0.2, -0.15) is 0 Å². The molecular weight excluding hydrogens is 554 g/mol. The lowest BCUT2D eigenvalue weighted by atomic mass is 10.1. The Kier molecular flexibility index (Phi) is 4.93. The van der Waals surface area contributed by atoms with E-state index in [4.69, 9.17) is 18.8 Å². The fourth-order valence-electron chi connectivity index (χ4n) is 6.74. The zero-order valence-electron chi connectivity index (χ0n) is 23.9. The standard InChI is InChI=1S/C40H23N3O2/c1-3-11-24(12-4-1)37-39-38(42-40(41-37)25-13-5-2-6-14-25)29-20-19-26(21-35(29)45-39)43-32-17-9-7-15-27(32)30-23-36-31(22-33(30)43)28-16-8-10-18-34(28)44-36/h1-23H. The second-order valence-electron chi connectivity index (χ2n) is 11.4. The van der Waals surface area contributed by atoms with E-state index in [0.717, 1.165) is 77.4 Å². The van der Waals surface area contributed by atoms with E-state index in [9.17, 15) is 0 Å². The summed E-state index contributed by atoms with van der Waals surface area (Å²) in [5.74, 6) is 0.674. The van der Waals surface area contributed by atoms with Crippen LogP contribution in [0.5, 0.6) is 0 Å². The first-order valence-corrected chi connectivity index (χ1v) is 15.0. The average Bonchev–Trinajstić information content (AvgIpc) is 3.76. The van der Waals surface area contributed by atoms with Crippen molar-refractivity contribution < 1.29 is 8.83 Å². The Morgan fingerprint density at radius 2 is 1.16 bits per heavy atom. The van der Waals surface area contributed by atoms with E-state index in [-0.39, 0.29) is 0 Å². The highest BCUT2D eigenvalue weighted by Crippen LogP contribution is 2.40. The van der Waals surface area contributed by atoms with Gasteiger partial charge in [-0.25, -0.2) is 9.97 Å². The predicted molar refractivity (Wildman–Crippen MR) is 182 cm³/mol. The Bertz CT molecular complexity index is 2750. The largest absolute Gasteiger partial charge is 0.456 e. The molecule has 0 aliphatic carbocycles. The van der Waals surface area contributed by atoms with E-state index in [1.54, 1.807) is 0 Å². The minimum atomic E-state index is 0.674. The van der Waals surface area contributed by atoms with Crippen molar-refractivity contribution in [2.45, 2.75) is 0 Å². The summed E-state index contributed by atoms with van der Waals surface area (Å²) < 4.78 is 15.2. The van der Waals surface area contributed by atoms with Gasteiger partial charge in [0, 0.05) is 49.8 Å². The van der Waals surface area contributed by atoms with E-state index in [0.29, 0.717) is 11.4 Å². The van der Waals surface area contributed by atoms with Crippen LogP contribution in [0, 0.1) is 0 Å². The molecule has 6 aromatic carbocycles. The number of aromatic nitrogens is 3. The summed E-state index contributed by atoms with van der Waals surface area (Å²) in [4.78, 5) is 10.1. The highest BCUT2D eigenvalue weighted by Gasteiger charge is 2.20. The predicted octanol–water partition coefficient (Wildman–Crippen LogP) is 10.7. The summed E-state index contributed by atoms with van der Waals surface area (Å²) in [6.45, 7) is 0. The Hall–Kier alpha value is -6.20. The zero-order valence-corrected chi connectivity index (χ0v) is 23.9. The van der Waals surface area contributed by atoms with E-state index in [2.05, 4.69) is 83.4 Å². The van der Waals surface area contributed by atoms with Gasteiger partial charge in [-0.05, 0) is 36.4 Å². The fraction of sp³-hybridized carbons (Fsp3) is 0. The number of benzene rings is 6. The molecule has 0 aliphatic heterocycles. The summed E-state index contributed by atoms with van der Waals surface area (Å²) in [7, 11) is 0. The number of rotatable bonds is 3. The summed E-state index contributed by atoms with van der Waals surface area (Å²) in [6.07, 6.45) is 0. The van der Waals surface area contributed by atoms with Crippen LogP contribution in [-0.4, -0.2) is 14.5 Å². The fourth-order valence-corrected chi connectivity index (χ4v) is 6.74. The van der Waals surface area contributed by atoms with Crippen LogP contribution in [0.3, 0.4) is 0 Å². The summed E-state index contributed by atoms with van der Waals surface area (Å²) >= 11 is 0. The molecule has 0 fully saturated rings. The Balaban J connectivity index is 1.25. The first-order chi connectivity index (χ1) is 22.3. The van der Waals surface area contributed by atoms with Gasteiger partial charge in [0.05, 0.1) is 11.0 Å². The van der Waals surface area contributed by atoms with Gasteiger partial charge in [-0.15, -0.1) is 0 Å². The lowest BCUT2D eigenvalue weighted by Crippen LogP contribution is -1.94. The topological polar surface area (TPSA) is 57.0 Å². The zero-order chi connectivity index (χ0) is 29.5. The van der Waals surface area contributed by atoms with Crippen molar-refractivity contribution in [2.24, 2.45) is 0 Å². The molecule has 0 spiro atoms. The molecule has 0 bridgehead atoms. The SMILES string of the molecule is c1ccc(-c2nc(-c3ccccc3)c3oc4cc(-n5c6ccccc6c6cc7oc8ccccc8c7cc65)ccc4c3n2)cc1. The number of para-hydroxylation sites is 2. The Morgan fingerprint density at radius 1 is 0.444 bits per heavy atom. The van der Waals surface area contributed by atoms with Gasteiger partial charge in [-0.1, -0.05) is 97.1 Å². The molecule has 0 saturated carbocycles. The summed E-state index contributed by atoms with van der Waals surface area (Å²) in [6, 6.07) is 47.9. The van der Waals surface area contributed by atoms with Crippen molar-refractivity contribution in [1.29, 1.82) is 0 Å². The molecule has 0 saturated heterocycles. The molecule has 0 atom stereocenters. The Labute approximate surface area is 256 Å². The van der Waals surface area contributed by atoms with Crippen molar-refractivity contribution in [3.05, 3.63) is 140 Å². The van der Waals surface area contributed by atoms with Gasteiger partial charge in [0.1, 0.15) is 28.0 Å². The minimum absolute atomic E-state index is 0.674. The molecular formula is C40H23N3O2. The smallest absolute Gasteiger partial charge is 0.180 e. The van der Waals surface area contributed by atoms with E-state index < -0.39 is 0 Å². The van der Waals surface area contributed by atoms with Crippen molar-refractivity contribution >= 4 is 65.8 Å². The van der Waals surface area contributed by atoms with E-state index in [1.807, 2.05) is 60.7 Å². The first kappa shape index (κ1) is 24.3. The summed E-state index contributed by atoms with van der Waals surface area (Å²) in [5, 5.41) is 5.48. The maximum atomic E-state index is 6.65. The van der Waals surface area contributed by atoms with Crippen molar-refractivity contribution in [3.8, 4) is 28.3 Å². The molecule has 0 N–H and O–H groups in total. The van der Waals surface area contributed by atoms with Crippen LogP contribution < -0.4 is 0 Å². The molecule has 10 rings (SSSR count). The van der Waals surface area contributed by atoms with Crippen LogP contribution in [0.25, 0.3) is 94.1 Å². The van der Waals surface area contributed by atoms with Gasteiger partial charge < -0.3 is 13.4 Å². The van der Waals surface area contributed by atoms with Gasteiger partial charge in [-0.3, -0.25) is 0 Å². The number of fused-ring (bicyclic) bond motifs is 9. The lowest BCUT2D eigenvalue weighted by molar-refractivity contribution is 0.667. The highest BCUT2D eigenvalue weighted by atomic mass is 16.3. The molecule has 10 aromatic rings. The number of hydrogen-bond donors (Lipinski definition) is 0. The first-order valence-electron chi connectivity index (χ1n) is 15.0. The molecule has 4 heterocycles. The average molecular weight is 578 g/mol. The number of furan rings is 2. The van der Waals surface area contributed by atoms with E-state index >= 15 is 0 Å². The van der Waals surface area contributed by atoms with E-state index in [1.165, 1.54) is 5.39 Å². The van der Waals surface area contributed by atoms with Gasteiger partial charge in [0.25, 0.3) is 0 Å². The molecule has 0 aliphatic rings. The summed E-state index contributed by atoms with van der Waals surface area (Å²) in [5.41, 5.74) is 10.0. The third kappa shape index (κ3) is 3.55. The lowest BCUT2D eigenvalue weighted by Gasteiger charge is -2.08. The maximum absolute atomic E-state index is 6.65. The second kappa shape index (κ2) is 9.15. The molecule has 210 valence electrons. The van der Waals surface area contributed by atoms with Gasteiger partial charge >= 0.3 is 0 Å². The molecule has 0 radical (unpaired) electrons. The van der Waals surface area contributed by atoms with Crippen molar-refractivity contribution in [2.75, 3.05) is 0 Å². The molecule has 0 unspecified atom stereocenters. The van der Waals surface area contributed by atoms with Crippen molar-refractivity contribution in [1.82, 2.24) is 14.5 Å². The molecule has 5 heteroatoms. The third-order valence-electron chi connectivity index (χ3n) is 8.81. The minimum Gasteiger partial charge on any atom is -0.456 e. The van der Waals surface area contributed by atoms with Crippen LogP contribution in [0.2, 0.25) is 0 Å². The molecule has 5 nitrogen and oxygen atoms in total. The maximum Gasteiger partial charge on any atom is 0.180 e. The third-order valence-corrected chi connectivity index (χ3v) is 8.81. The number of hydrogen-bond acceptors (Lipinski definition) is 4.